The van der Waals surface area contributed by atoms with Crippen LogP contribution >= 0.6 is 0 Å². The number of nitrogens with one attached hydrogen (secondary N) is 1. The molecule has 2 unspecified atom stereocenters. The van der Waals surface area contributed by atoms with E-state index >= 15 is 0 Å². The van der Waals surface area contributed by atoms with Crippen molar-refractivity contribution < 1.29 is 19.8 Å². The number of hydrogen-bond acceptors (Lipinski definition) is 5. The van der Waals surface area contributed by atoms with Gasteiger partial charge in [-0.3, -0.25) is 4.79 Å². The van der Waals surface area contributed by atoms with Crippen molar-refractivity contribution in [3.8, 4) is 6.19 Å². The monoisotopic (exact) mass is 359 g/mol. The SMILES string of the molecule is N#CN[C@H](C(=O)N1[C@H](C(=O)O)C[C@@H]2C[C@@H]21)C12C[C@@H]3C[C@@H](CC(O)(C3)C1)C2. The van der Waals surface area contributed by atoms with E-state index in [4.69, 9.17) is 0 Å². The highest BCUT2D eigenvalue weighted by Gasteiger charge is 2.64. The lowest BCUT2D eigenvalue weighted by Gasteiger charge is -2.62. The standard InChI is InChI=1S/C19H25N3O4/c20-9-21-15(16(23)22-13-2-12(13)3-14(22)17(24)25)18-4-10-1-11(5-18)7-19(26,6-10)8-18/h10-15,21,26H,1-8H2,(H,24,25)/t10-,11+,12-,13-,14-,15+,18?,19?/m0/s1. The number of aliphatic hydroxyl groups is 1. The van der Waals surface area contributed by atoms with E-state index in [1.807, 2.05) is 6.19 Å². The number of carbonyl (C=O) groups is 2. The molecule has 4 bridgehead atoms. The van der Waals surface area contributed by atoms with Crippen molar-refractivity contribution in [1.82, 2.24) is 10.2 Å². The number of nitrogens with zero attached hydrogens (tertiary/aromatic N) is 2. The summed E-state index contributed by atoms with van der Waals surface area (Å²) in [4.78, 5) is 26.7. The first kappa shape index (κ1) is 16.4. The number of aliphatic carboxylic acids is 1. The van der Waals surface area contributed by atoms with E-state index in [1.54, 1.807) is 4.90 Å². The van der Waals surface area contributed by atoms with Gasteiger partial charge < -0.3 is 20.4 Å². The Bertz CT molecular complexity index is 702. The second kappa shape index (κ2) is 5.13. The number of piperidine rings is 1. The number of carboxylic acids is 1. The Morgan fingerprint density at radius 3 is 2.42 bits per heavy atom. The molecule has 26 heavy (non-hydrogen) atoms. The second-order valence-electron chi connectivity index (χ2n) is 9.64. The number of rotatable bonds is 4. The normalized spacial score (nSPS) is 48.6. The molecule has 6 aliphatic rings. The van der Waals surface area contributed by atoms with Gasteiger partial charge in [0.25, 0.3) is 0 Å². The molecule has 7 nitrogen and oxygen atoms in total. The molecule has 0 spiro atoms. The summed E-state index contributed by atoms with van der Waals surface area (Å²) in [5, 5.41) is 32.6. The van der Waals surface area contributed by atoms with Crippen molar-refractivity contribution >= 4 is 11.9 Å². The van der Waals surface area contributed by atoms with E-state index in [1.165, 1.54) is 0 Å². The summed E-state index contributed by atoms with van der Waals surface area (Å²) >= 11 is 0. The average molecular weight is 359 g/mol. The molecule has 1 aliphatic heterocycles. The van der Waals surface area contributed by atoms with Crippen LogP contribution in [0.15, 0.2) is 0 Å². The smallest absolute Gasteiger partial charge is 0.326 e. The molecule has 1 heterocycles. The van der Waals surface area contributed by atoms with Crippen molar-refractivity contribution in [1.29, 1.82) is 5.26 Å². The molecule has 5 saturated carbocycles. The molecule has 0 radical (unpaired) electrons. The summed E-state index contributed by atoms with van der Waals surface area (Å²) in [7, 11) is 0. The molecule has 140 valence electrons. The molecule has 0 aromatic rings. The zero-order valence-electron chi connectivity index (χ0n) is 14.7. The Kier molecular flexibility index (Phi) is 3.23. The van der Waals surface area contributed by atoms with Gasteiger partial charge in [-0.25, -0.2) is 4.79 Å². The minimum absolute atomic E-state index is 0.0172. The van der Waals surface area contributed by atoms with Gasteiger partial charge in [0, 0.05) is 11.5 Å². The zero-order valence-corrected chi connectivity index (χ0v) is 14.7. The Morgan fingerprint density at radius 1 is 1.15 bits per heavy atom. The molecule has 6 fully saturated rings. The van der Waals surface area contributed by atoms with Gasteiger partial charge in [-0.2, -0.15) is 5.26 Å². The maximum atomic E-state index is 13.5. The van der Waals surface area contributed by atoms with Gasteiger partial charge in [0.05, 0.1) is 5.60 Å². The van der Waals surface area contributed by atoms with E-state index in [-0.39, 0.29) is 11.9 Å². The highest BCUT2D eigenvalue weighted by atomic mass is 16.4. The van der Waals surface area contributed by atoms with Crippen LogP contribution in [-0.2, 0) is 9.59 Å². The third-order valence-electron chi connectivity index (χ3n) is 7.79. The van der Waals surface area contributed by atoms with Crippen molar-refractivity contribution in [2.24, 2.45) is 23.2 Å². The Balaban J connectivity index is 1.48. The van der Waals surface area contributed by atoms with Crippen LogP contribution in [0.1, 0.15) is 51.4 Å². The molecule has 0 aromatic heterocycles. The Labute approximate surface area is 152 Å². The van der Waals surface area contributed by atoms with Gasteiger partial charge >= 0.3 is 5.97 Å². The number of carboxylic acid groups (broad SMARTS) is 1. The summed E-state index contributed by atoms with van der Waals surface area (Å²) < 4.78 is 0. The Morgan fingerprint density at radius 2 is 1.85 bits per heavy atom. The van der Waals surface area contributed by atoms with Crippen LogP contribution in [0.5, 0.6) is 0 Å². The quantitative estimate of drug-likeness (QED) is 0.506. The molecule has 0 aromatic carbocycles. The predicted molar refractivity (Wildman–Crippen MR) is 89.4 cm³/mol. The molecule has 3 N–H and O–H groups in total. The van der Waals surface area contributed by atoms with Crippen LogP contribution in [0.2, 0.25) is 0 Å². The molecule has 1 amide bonds. The van der Waals surface area contributed by atoms with Crippen LogP contribution in [0.25, 0.3) is 0 Å². The minimum atomic E-state index is -0.953. The molecule has 8 atom stereocenters. The second-order valence-corrected chi connectivity index (χ2v) is 9.64. The number of nitriles is 1. The number of fused-ring (bicyclic) bond motifs is 1. The highest BCUT2D eigenvalue weighted by molar-refractivity contribution is 5.89. The van der Waals surface area contributed by atoms with E-state index in [0.717, 1.165) is 38.5 Å². The maximum Gasteiger partial charge on any atom is 0.326 e. The number of carbonyl (C=O) groups excluding carboxylic acids is 1. The largest absolute Gasteiger partial charge is 0.480 e. The molecule has 1 saturated heterocycles. The third kappa shape index (κ3) is 2.21. The third-order valence-corrected chi connectivity index (χ3v) is 7.79. The van der Waals surface area contributed by atoms with Crippen molar-refractivity contribution in [2.75, 3.05) is 0 Å². The Hall–Kier alpha value is -1.81. The van der Waals surface area contributed by atoms with Crippen LogP contribution in [0.4, 0.5) is 0 Å². The van der Waals surface area contributed by atoms with Crippen LogP contribution in [0.3, 0.4) is 0 Å². The van der Waals surface area contributed by atoms with Crippen LogP contribution in [-0.4, -0.2) is 50.7 Å². The van der Waals surface area contributed by atoms with Crippen molar-refractivity contribution in [2.45, 2.75) is 75.1 Å². The fourth-order valence-electron chi connectivity index (χ4n) is 7.31. The molecule has 6 rings (SSSR count). The van der Waals surface area contributed by atoms with Gasteiger partial charge in [0.15, 0.2) is 6.19 Å². The van der Waals surface area contributed by atoms with Crippen LogP contribution < -0.4 is 5.32 Å². The van der Waals surface area contributed by atoms with E-state index in [9.17, 15) is 25.1 Å². The predicted octanol–water partition coefficient (Wildman–Crippen LogP) is 0.831. The summed E-state index contributed by atoms with van der Waals surface area (Å²) in [6.45, 7) is 0. The molecular formula is C19H25N3O4. The number of amides is 1. The van der Waals surface area contributed by atoms with Crippen molar-refractivity contribution in [3.05, 3.63) is 0 Å². The number of hydrogen-bond donors (Lipinski definition) is 3. The average Bonchev–Trinajstić information content (AvgIpc) is 3.19. The molecule has 5 aliphatic carbocycles. The maximum absolute atomic E-state index is 13.5. The van der Waals surface area contributed by atoms with Gasteiger partial charge in [0.1, 0.15) is 12.1 Å². The lowest BCUT2D eigenvalue weighted by Crippen LogP contribution is -2.65. The van der Waals surface area contributed by atoms with Gasteiger partial charge in [-0.15, -0.1) is 0 Å². The lowest BCUT2D eigenvalue weighted by atomic mass is 9.46. The first-order valence-corrected chi connectivity index (χ1v) is 9.76. The van der Waals surface area contributed by atoms with Gasteiger partial charge in [-0.1, -0.05) is 0 Å². The van der Waals surface area contributed by atoms with Gasteiger partial charge in [0.2, 0.25) is 5.91 Å². The van der Waals surface area contributed by atoms with Gasteiger partial charge in [-0.05, 0) is 69.1 Å². The minimum Gasteiger partial charge on any atom is -0.480 e. The highest BCUT2D eigenvalue weighted by Crippen LogP contribution is 2.63. The fraction of sp³-hybridized carbons (Fsp3) is 0.842. The van der Waals surface area contributed by atoms with E-state index < -0.39 is 29.1 Å². The summed E-state index contributed by atoms with van der Waals surface area (Å²) in [5.41, 5.74) is -1.15. The number of likely N-dealkylation sites (tertiary alicyclic amines) is 1. The first-order chi connectivity index (χ1) is 12.3. The molecule has 7 heteroatoms. The fourth-order valence-corrected chi connectivity index (χ4v) is 7.31. The zero-order chi connectivity index (χ0) is 18.3. The summed E-state index contributed by atoms with van der Waals surface area (Å²) in [6.07, 6.45) is 8.27. The molecular weight excluding hydrogens is 334 g/mol. The summed E-state index contributed by atoms with van der Waals surface area (Å²) in [5.74, 6) is -0.0950. The van der Waals surface area contributed by atoms with Crippen LogP contribution in [0, 0.1) is 34.6 Å². The van der Waals surface area contributed by atoms with E-state index in [2.05, 4.69) is 5.32 Å². The lowest BCUT2D eigenvalue weighted by molar-refractivity contribution is -0.181. The summed E-state index contributed by atoms with van der Waals surface area (Å²) in [6, 6.07) is -1.47. The first-order valence-electron chi connectivity index (χ1n) is 9.76. The van der Waals surface area contributed by atoms with E-state index in [0.29, 0.717) is 30.6 Å². The van der Waals surface area contributed by atoms with Crippen molar-refractivity contribution in [3.63, 3.8) is 0 Å². The topological polar surface area (TPSA) is 114 Å².